The van der Waals surface area contributed by atoms with Crippen LogP contribution >= 0.6 is 0 Å². The number of hydrogen-bond donors (Lipinski definition) is 1. The molecule has 3 aliphatic rings. The van der Waals surface area contributed by atoms with Gasteiger partial charge in [-0.2, -0.15) is 0 Å². The van der Waals surface area contributed by atoms with Crippen LogP contribution in [-0.2, 0) is 33.9 Å². The Bertz CT molecular complexity index is 871. The van der Waals surface area contributed by atoms with Gasteiger partial charge in [0.2, 0.25) is 0 Å². The molecule has 0 radical (unpaired) electrons. The third-order valence-electron chi connectivity index (χ3n) is 6.54. The van der Waals surface area contributed by atoms with Gasteiger partial charge in [0.15, 0.2) is 6.29 Å². The zero-order valence-electron chi connectivity index (χ0n) is 19.1. The molecule has 0 saturated carbocycles. The molecule has 3 heterocycles. The molecule has 32 heavy (non-hydrogen) atoms. The van der Waals surface area contributed by atoms with Crippen molar-refractivity contribution in [2.24, 2.45) is 9.81 Å². The number of carboxylic acid groups (broad SMARTS) is 1. The van der Waals surface area contributed by atoms with E-state index in [0.29, 0.717) is 39.0 Å². The maximum Gasteiger partial charge on any atom is 0.407 e. The lowest BCUT2D eigenvalue weighted by atomic mass is 9.75. The number of piperidine rings is 1. The predicted octanol–water partition coefficient (Wildman–Crippen LogP) is 3.69. The molecular weight excluding hydrogens is 430 g/mol. The van der Waals surface area contributed by atoms with Crippen LogP contribution < -0.4 is 0 Å². The van der Waals surface area contributed by atoms with Gasteiger partial charge in [-0.05, 0) is 65.0 Å². The molecule has 1 spiro atoms. The van der Waals surface area contributed by atoms with Crippen LogP contribution in [0, 0.1) is 5.41 Å². The summed E-state index contributed by atoms with van der Waals surface area (Å²) in [7, 11) is 0. The highest BCUT2D eigenvalue weighted by atomic mass is 32.2. The molecule has 2 saturated heterocycles. The molecule has 2 fully saturated rings. The van der Waals surface area contributed by atoms with Gasteiger partial charge in [0.1, 0.15) is 21.8 Å². The number of nitrogens with zero attached hydrogens (tertiary/aromatic N) is 3. The van der Waals surface area contributed by atoms with Crippen molar-refractivity contribution in [2.45, 2.75) is 76.9 Å². The molecule has 2 aliphatic heterocycles. The number of rotatable bonds is 4. The Balaban J connectivity index is 1.58. The Hall–Kier alpha value is -1.68. The van der Waals surface area contributed by atoms with Crippen LogP contribution in [0.1, 0.15) is 69.8 Å². The number of aromatic nitrogens is 1. The third-order valence-corrected chi connectivity index (χ3v) is 7.94. The zero-order valence-corrected chi connectivity index (χ0v) is 19.9. The fourth-order valence-electron chi connectivity index (χ4n) is 4.59. The van der Waals surface area contributed by atoms with E-state index in [4.69, 9.17) is 18.9 Å². The van der Waals surface area contributed by atoms with E-state index in [9.17, 15) is 14.5 Å². The standard InChI is InChI=1S/C23H33N3O5S/c1-22(2,3)32(29)25-20-17-8-7-16(15-31-19-6-4-5-13-30-19)24-18(17)14-23(20)9-11-26(12-10-23)21(27)28/h7-8,19H,4-6,9-15H2,1-3H3,(H,27,28)/b25-20+/t19?,32-/m1/s1. The summed E-state index contributed by atoms with van der Waals surface area (Å²) in [4.78, 5) is 17.7. The lowest BCUT2D eigenvalue weighted by Crippen LogP contribution is -2.45. The molecule has 176 valence electrons. The summed E-state index contributed by atoms with van der Waals surface area (Å²) in [6.07, 6.45) is 4.02. The first kappa shape index (κ1) is 23.5. The fourth-order valence-corrected chi connectivity index (χ4v) is 5.33. The van der Waals surface area contributed by atoms with Crippen molar-refractivity contribution in [1.29, 1.82) is 0 Å². The van der Waals surface area contributed by atoms with Gasteiger partial charge in [0, 0.05) is 37.1 Å². The maximum atomic E-state index is 12.9. The normalized spacial score (nSPS) is 25.2. The Morgan fingerprint density at radius 3 is 2.75 bits per heavy atom. The van der Waals surface area contributed by atoms with E-state index in [1.165, 1.54) is 4.90 Å². The zero-order chi connectivity index (χ0) is 22.9. The molecular formula is C23H33N3O5S. The van der Waals surface area contributed by atoms with E-state index < -0.39 is 22.2 Å². The van der Waals surface area contributed by atoms with Crippen molar-refractivity contribution >= 4 is 23.2 Å². The maximum absolute atomic E-state index is 12.9. The van der Waals surface area contributed by atoms with E-state index in [1.54, 1.807) is 0 Å². The lowest BCUT2D eigenvalue weighted by Gasteiger charge is -2.38. The van der Waals surface area contributed by atoms with Gasteiger partial charge in [-0.3, -0.25) is 4.98 Å². The number of pyridine rings is 1. The van der Waals surface area contributed by atoms with E-state index >= 15 is 0 Å². The highest BCUT2D eigenvalue weighted by Crippen LogP contribution is 2.45. The molecule has 8 nitrogen and oxygen atoms in total. The average molecular weight is 464 g/mol. The molecule has 1 unspecified atom stereocenters. The molecule has 1 N–H and O–H groups in total. The molecule has 1 amide bonds. The Kier molecular flexibility index (Phi) is 6.81. The monoisotopic (exact) mass is 463 g/mol. The van der Waals surface area contributed by atoms with Crippen molar-refractivity contribution in [1.82, 2.24) is 9.88 Å². The molecule has 1 aliphatic carbocycles. The van der Waals surface area contributed by atoms with Crippen LogP contribution in [0.4, 0.5) is 4.79 Å². The summed E-state index contributed by atoms with van der Waals surface area (Å²) < 4.78 is 28.7. The van der Waals surface area contributed by atoms with Crippen molar-refractivity contribution in [2.75, 3.05) is 19.7 Å². The summed E-state index contributed by atoms with van der Waals surface area (Å²) in [5.74, 6) is 0. The van der Waals surface area contributed by atoms with Gasteiger partial charge < -0.3 is 24.0 Å². The highest BCUT2D eigenvalue weighted by Gasteiger charge is 2.48. The van der Waals surface area contributed by atoms with Gasteiger partial charge in [0.25, 0.3) is 0 Å². The Morgan fingerprint density at radius 2 is 2.12 bits per heavy atom. The largest absolute Gasteiger partial charge is 0.591 e. The van der Waals surface area contributed by atoms with Gasteiger partial charge in [-0.25, -0.2) is 4.79 Å². The number of amides is 1. The summed E-state index contributed by atoms with van der Waals surface area (Å²) in [6, 6.07) is 3.96. The molecule has 1 aromatic rings. The average Bonchev–Trinajstić information content (AvgIpc) is 3.04. The smallest absolute Gasteiger partial charge is 0.407 e. The SMILES string of the molecule is CC(C)(C)[S@@+]([O-])/N=C1\c2ccc(COC3CCCCO3)nc2CC12CCN(C(=O)O)CC2. The van der Waals surface area contributed by atoms with E-state index in [0.717, 1.165) is 48.5 Å². The van der Waals surface area contributed by atoms with Crippen LogP contribution in [-0.4, -0.2) is 62.1 Å². The minimum Gasteiger partial charge on any atom is -0.591 e. The quantitative estimate of drug-likeness (QED) is 0.683. The second-order valence-electron chi connectivity index (χ2n) is 9.93. The minimum absolute atomic E-state index is 0.170. The van der Waals surface area contributed by atoms with Crippen molar-refractivity contribution in [3.05, 3.63) is 29.1 Å². The van der Waals surface area contributed by atoms with Crippen LogP contribution in [0.15, 0.2) is 16.5 Å². The molecule has 0 bridgehead atoms. The van der Waals surface area contributed by atoms with E-state index in [1.807, 2.05) is 32.9 Å². The molecule has 9 heteroatoms. The van der Waals surface area contributed by atoms with Crippen molar-refractivity contribution < 1.29 is 23.9 Å². The lowest BCUT2D eigenvalue weighted by molar-refractivity contribution is -0.169. The minimum atomic E-state index is -1.40. The summed E-state index contributed by atoms with van der Waals surface area (Å²) in [6.45, 7) is 7.75. The molecule has 2 atom stereocenters. The van der Waals surface area contributed by atoms with E-state index in [2.05, 4.69) is 0 Å². The Labute approximate surface area is 192 Å². The van der Waals surface area contributed by atoms with Crippen LogP contribution in [0.2, 0.25) is 0 Å². The second kappa shape index (κ2) is 9.29. The van der Waals surface area contributed by atoms with Crippen LogP contribution in [0.25, 0.3) is 0 Å². The number of ether oxygens (including phenoxy) is 2. The van der Waals surface area contributed by atoms with Gasteiger partial charge >= 0.3 is 6.09 Å². The van der Waals surface area contributed by atoms with Gasteiger partial charge in [-0.1, -0.05) is 4.40 Å². The number of fused-ring (bicyclic) bond motifs is 1. The number of hydrogen-bond acceptors (Lipinski definition) is 6. The summed E-state index contributed by atoms with van der Waals surface area (Å²) in [5, 5.41) is 9.37. The molecule has 1 aromatic heterocycles. The topological polar surface area (TPSA) is 107 Å². The number of carbonyl (C=O) groups is 1. The molecule has 0 aromatic carbocycles. The van der Waals surface area contributed by atoms with Crippen LogP contribution in [0.5, 0.6) is 0 Å². The fraction of sp³-hybridized carbons (Fsp3) is 0.696. The first-order valence-electron chi connectivity index (χ1n) is 11.4. The summed E-state index contributed by atoms with van der Waals surface area (Å²) in [5.41, 5.74) is 3.21. The van der Waals surface area contributed by atoms with Crippen molar-refractivity contribution in [3.8, 4) is 0 Å². The van der Waals surface area contributed by atoms with E-state index in [-0.39, 0.29) is 11.7 Å². The number of likely N-dealkylation sites (tertiary alicyclic amines) is 1. The summed E-state index contributed by atoms with van der Waals surface area (Å²) >= 11 is -1.40. The highest BCUT2D eigenvalue weighted by molar-refractivity contribution is 7.91. The predicted molar refractivity (Wildman–Crippen MR) is 122 cm³/mol. The molecule has 4 rings (SSSR count). The third kappa shape index (κ3) is 4.95. The van der Waals surface area contributed by atoms with Gasteiger partial charge in [-0.15, -0.1) is 0 Å². The second-order valence-corrected chi connectivity index (χ2v) is 11.8. The first-order valence-corrected chi connectivity index (χ1v) is 12.5. The Morgan fingerprint density at radius 1 is 1.38 bits per heavy atom. The van der Waals surface area contributed by atoms with Gasteiger partial charge in [0.05, 0.1) is 18.0 Å². The first-order chi connectivity index (χ1) is 15.2. The van der Waals surface area contributed by atoms with Crippen molar-refractivity contribution in [3.63, 3.8) is 0 Å². The van der Waals surface area contributed by atoms with Crippen LogP contribution in [0.3, 0.4) is 0 Å².